The van der Waals surface area contributed by atoms with E-state index in [9.17, 15) is 30.3 Å². The minimum Gasteiger partial charge on any atom is -0.507 e. The average Bonchev–Trinajstić information content (AvgIpc) is 2.71. The molecule has 1 aromatic heterocycles. The van der Waals surface area contributed by atoms with Crippen LogP contribution in [0.4, 0.5) is 5.69 Å². The number of benzene rings is 1. The maximum absolute atomic E-state index is 12.3. The van der Waals surface area contributed by atoms with E-state index in [1.807, 2.05) is 13.8 Å². The molecule has 2 aromatic rings. The van der Waals surface area contributed by atoms with E-state index in [1.165, 1.54) is 6.07 Å². The Hall–Kier alpha value is -3.13. The highest BCUT2D eigenvalue weighted by molar-refractivity contribution is 5.85. The third-order valence-electron chi connectivity index (χ3n) is 5.00. The molecular weight excluding hydrogens is 376 g/mol. The Balaban J connectivity index is 0.00000145. The number of aromatic amines is 1. The number of hydrogen-bond acceptors (Lipinski definition) is 7. The minimum atomic E-state index is -0.801. The van der Waals surface area contributed by atoms with Crippen molar-refractivity contribution in [1.29, 1.82) is 0 Å². The van der Waals surface area contributed by atoms with Crippen molar-refractivity contribution in [3.63, 3.8) is 0 Å². The van der Waals surface area contributed by atoms with Gasteiger partial charge in [-0.2, -0.15) is 0 Å². The monoisotopic (exact) mass is 404 g/mol. The smallest absolute Gasteiger partial charge is 0.251 e. The van der Waals surface area contributed by atoms with Gasteiger partial charge in [-0.05, 0) is 37.5 Å². The maximum atomic E-state index is 12.3. The second-order valence-electron chi connectivity index (χ2n) is 6.68. The standard InChI is InChI=1S/C19H22N2O6.C2H6/c1-4-12(22)9-5-11(21-19(27)7(9)2)15-8(3)16(24)14-10(20-15)6-13(23)17(25)18(14)26;1-2/h5-6,12,15,20,22-26H,4H2,1-3H3,(H,21,27);1-2H3. The molecule has 2 heterocycles. The molecule has 29 heavy (non-hydrogen) atoms. The molecule has 0 spiro atoms. The first-order chi connectivity index (χ1) is 13.7. The number of aromatic nitrogens is 1. The summed E-state index contributed by atoms with van der Waals surface area (Å²) in [5.41, 5.74) is 1.50. The van der Waals surface area contributed by atoms with Crippen molar-refractivity contribution in [3.8, 4) is 17.2 Å². The molecule has 0 amide bonds. The number of fused-ring (bicyclic) bond motifs is 1. The summed E-state index contributed by atoms with van der Waals surface area (Å²) >= 11 is 0. The summed E-state index contributed by atoms with van der Waals surface area (Å²) in [4.78, 5) is 15.1. The number of nitrogens with one attached hydrogen (secondary N) is 2. The van der Waals surface area contributed by atoms with E-state index in [2.05, 4.69) is 10.3 Å². The molecule has 0 saturated heterocycles. The molecule has 0 fully saturated rings. The Kier molecular flexibility index (Phi) is 6.48. The maximum Gasteiger partial charge on any atom is 0.251 e. The second kappa shape index (κ2) is 8.48. The Morgan fingerprint density at radius 2 is 1.69 bits per heavy atom. The molecule has 0 radical (unpaired) electrons. The van der Waals surface area contributed by atoms with Crippen LogP contribution in [0.3, 0.4) is 0 Å². The van der Waals surface area contributed by atoms with Gasteiger partial charge >= 0.3 is 0 Å². The van der Waals surface area contributed by atoms with Crippen LogP contribution in [0.15, 0.2) is 22.5 Å². The second-order valence-corrected chi connectivity index (χ2v) is 6.68. The van der Waals surface area contributed by atoms with Crippen LogP contribution in [-0.4, -0.2) is 30.5 Å². The molecule has 0 saturated carbocycles. The Bertz CT molecular complexity index is 1010. The van der Waals surface area contributed by atoms with Gasteiger partial charge in [-0.25, -0.2) is 0 Å². The van der Waals surface area contributed by atoms with E-state index in [-0.39, 0.29) is 22.6 Å². The molecule has 0 bridgehead atoms. The minimum absolute atomic E-state index is 0.0395. The van der Waals surface area contributed by atoms with Gasteiger partial charge in [0.25, 0.3) is 5.56 Å². The zero-order chi connectivity index (χ0) is 22.0. The lowest BCUT2D eigenvalue weighted by atomic mass is 9.91. The molecular formula is C21H28N2O6. The van der Waals surface area contributed by atoms with E-state index in [0.29, 0.717) is 28.8 Å². The van der Waals surface area contributed by atoms with Crippen molar-refractivity contribution in [2.45, 2.75) is 53.2 Å². The SMILES string of the molecule is CC.CCC(O)c1cc(C2Nc3cc(O)c(O)c(O)c3C(O)=C2C)[nH]c(=O)c1C. The van der Waals surface area contributed by atoms with Crippen LogP contribution in [0.25, 0.3) is 5.76 Å². The zero-order valence-electron chi connectivity index (χ0n) is 17.2. The van der Waals surface area contributed by atoms with Gasteiger partial charge in [-0.3, -0.25) is 4.79 Å². The van der Waals surface area contributed by atoms with Gasteiger partial charge in [-0.1, -0.05) is 20.8 Å². The van der Waals surface area contributed by atoms with Crippen LogP contribution in [0.5, 0.6) is 17.2 Å². The van der Waals surface area contributed by atoms with Gasteiger partial charge < -0.3 is 35.8 Å². The first-order valence-electron chi connectivity index (χ1n) is 9.53. The van der Waals surface area contributed by atoms with Crippen molar-refractivity contribution < 1.29 is 25.5 Å². The van der Waals surface area contributed by atoms with Gasteiger partial charge in [0, 0.05) is 17.3 Å². The fourth-order valence-corrected chi connectivity index (χ4v) is 3.30. The summed E-state index contributed by atoms with van der Waals surface area (Å²) < 4.78 is 0. The molecule has 1 aliphatic heterocycles. The Morgan fingerprint density at radius 3 is 2.28 bits per heavy atom. The molecule has 2 unspecified atom stereocenters. The number of aliphatic hydroxyl groups is 2. The van der Waals surface area contributed by atoms with E-state index >= 15 is 0 Å². The summed E-state index contributed by atoms with van der Waals surface area (Å²) in [6, 6.07) is 2.16. The molecule has 1 aliphatic rings. The van der Waals surface area contributed by atoms with Crippen molar-refractivity contribution in [1.82, 2.24) is 4.98 Å². The highest BCUT2D eigenvalue weighted by atomic mass is 16.3. The molecule has 1 aromatic carbocycles. The van der Waals surface area contributed by atoms with Crippen molar-refractivity contribution in [2.75, 3.05) is 5.32 Å². The third kappa shape index (κ3) is 3.75. The van der Waals surface area contributed by atoms with Gasteiger partial charge in [0.2, 0.25) is 5.75 Å². The van der Waals surface area contributed by atoms with Crippen LogP contribution in [0, 0.1) is 6.92 Å². The van der Waals surface area contributed by atoms with Gasteiger partial charge in [-0.15, -0.1) is 0 Å². The first-order valence-corrected chi connectivity index (χ1v) is 9.53. The quantitative estimate of drug-likeness (QED) is 0.305. The van der Waals surface area contributed by atoms with Crippen LogP contribution in [0.1, 0.15) is 68.6 Å². The number of phenols is 3. The number of aromatic hydroxyl groups is 3. The largest absolute Gasteiger partial charge is 0.507 e. The summed E-state index contributed by atoms with van der Waals surface area (Å²) in [5, 5.41) is 53.3. The highest BCUT2D eigenvalue weighted by Crippen LogP contribution is 2.49. The number of phenolic OH excluding ortho intramolecular Hbond substituents is 3. The summed E-state index contributed by atoms with van der Waals surface area (Å²) in [7, 11) is 0. The van der Waals surface area contributed by atoms with Gasteiger partial charge in [0.15, 0.2) is 11.5 Å². The number of hydrogen-bond donors (Lipinski definition) is 7. The number of pyridine rings is 1. The number of rotatable bonds is 3. The number of H-pyrrole nitrogens is 1. The van der Waals surface area contributed by atoms with Gasteiger partial charge in [0.05, 0.1) is 23.4 Å². The predicted molar refractivity (Wildman–Crippen MR) is 111 cm³/mol. The predicted octanol–water partition coefficient (Wildman–Crippen LogP) is 3.73. The van der Waals surface area contributed by atoms with Crippen molar-refractivity contribution in [3.05, 3.63) is 50.4 Å². The van der Waals surface area contributed by atoms with Crippen LogP contribution < -0.4 is 10.9 Å². The average molecular weight is 404 g/mol. The first kappa shape index (κ1) is 22.2. The molecule has 0 aliphatic carbocycles. The zero-order valence-corrected chi connectivity index (χ0v) is 17.2. The van der Waals surface area contributed by atoms with E-state index in [4.69, 9.17) is 0 Å². The molecule has 7 N–H and O–H groups in total. The molecule has 8 nitrogen and oxygen atoms in total. The van der Waals surface area contributed by atoms with Crippen LogP contribution >= 0.6 is 0 Å². The van der Waals surface area contributed by atoms with Crippen molar-refractivity contribution in [2.24, 2.45) is 0 Å². The lowest BCUT2D eigenvalue weighted by Gasteiger charge is -2.29. The number of aliphatic hydroxyl groups excluding tert-OH is 2. The molecule has 8 heteroatoms. The van der Waals surface area contributed by atoms with Crippen molar-refractivity contribution >= 4 is 11.4 Å². The number of anilines is 1. The lowest BCUT2D eigenvalue weighted by molar-refractivity contribution is 0.172. The fourth-order valence-electron chi connectivity index (χ4n) is 3.30. The highest BCUT2D eigenvalue weighted by Gasteiger charge is 2.31. The summed E-state index contributed by atoms with van der Waals surface area (Å²) in [6.45, 7) is 9.03. The van der Waals surface area contributed by atoms with Gasteiger partial charge in [0.1, 0.15) is 5.76 Å². The normalized spacial score (nSPS) is 16.4. The lowest BCUT2D eigenvalue weighted by Crippen LogP contribution is -2.24. The van der Waals surface area contributed by atoms with Crippen LogP contribution in [-0.2, 0) is 0 Å². The molecule has 158 valence electrons. The van der Waals surface area contributed by atoms with E-state index < -0.39 is 29.4 Å². The fraction of sp³-hybridized carbons (Fsp3) is 0.381. The molecule has 2 atom stereocenters. The third-order valence-corrected chi connectivity index (χ3v) is 5.00. The molecule has 3 rings (SSSR count). The Labute approximate surface area is 168 Å². The summed E-state index contributed by atoms with van der Waals surface area (Å²) in [6.07, 6.45) is -0.365. The van der Waals surface area contributed by atoms with Crippen LogP contribution in [0.2, 0.25) is 0 Å². The summed E-state index contributed by atoms with van der Waals surface area (Å²) in [5.74, 6) is -2.21. The van der Waals surface area contributed by atoms with E-state index in [0.717, 1.165) is 0 Å². The van der Waals surface area contributed by atoms with E-state index in [1.54, 1.807) is 26.8 Å². The topological polar surface area (TPSA) is 146 Å². The Morgan fingerprint density at radius 1 is 1.07 bits per heavy atom.